The first-order chi connectivity index (χ1) is 11.1. The first-order valence-electron chi connectivity index (χ1n) is 7.62. The van der Waals surface area contributed by atoms with E-state index in [1.54, 1.807) is 18.2 Å². The number of benzene rings is 2. The minimum atomic E-state index is 0.00290. The van der Waals surface area contributed by atoms with Gasteiger partial charge in [0.25, 0.3) is 5.91 Å². The summed E-state index contributed by atoms with van der Waals surface area (Å²) in [6.45, 7) is 4.34. The van der Waals surface area contributed by atoms with Crippen LogP contribution in [0.3, 0.4) is 0 Å². The van der Waals surface area contributed by atoms with Crippen molar-refractivity contribution in [3.63, 3.8) is 0 Å². The topological polar surface area (TPSA) is 23.6 Å². The molecule has 3 rings (SSSR count). The minimum Gasteiger partial charge on any atom is -0.365 e. The van der Waals surface area contributed by atoms with Crippen LogP contribution >= 0.6 is 23.2 Å². The van der Waals surface area contributed by atoms with Crippen LogP contribution in [0.25, 0.3) is 0 Å². The van der Waals surface area contributed by atoms with Crippen LogP contribution < -0.4 is 4.90 Å². The van der Waals surface area contributed by atoms with Gasteiger partial charge >= 0.3 is 0 Å². The van der Waals surface area contributed by atoms with Crippen molar-refractivity contribution in [2.24, 2.45) is 0 Å². The van der Waals surface area contributed by atoms with E-state index in [0.29, 0.717) is 28.7 Å². The van der Waals surface area contributed by atoms with Gasteiger partial charge in [-0.3, -0.25) is 4.79 Å². The third kappa shape index (κ3) is 3.46. The zero-order valence-electron chi connectivity index (χ0n) is 12.9. The molecular weight excluding hydrogens is 331 g/mol. The number of amides is 1. The molecule has 120 valence electrons. The van der Waals surface area contributed by atoms with Gasteiger partial charge in [-0.2, -0.15) is 0 Å². The molecule has 0 radical (unpaired) electrons. The monoisotopic (exact) mass is 348 g/mol. The number of carbonyl (C=O) groups is 1. The maximum atomic E-state index is 12.7. The summed E-state index contributed by atoms with van der Waals surface area (Å²) in [7, 11) is 0. The lowest BCUT2D eigenvalue weighted by Crippen LogP contribution is -2.53. The second-order valence-corrected chi connectivity index (χ2v) is 6.57. The number of halogens is 2. The van der Waals surface area contributed by atoms with Crippen molar-refractivity contribution in [1.82, 2.24) is 4.90 Å². The maximum Gasteiger partial charge on any atom is 0.254 e. The van der Waals surface area contributed by atoms with Crippen molar-refractivity contribution in [2.45, 2.75) is 13.0 Å². The zero-order valence-corrected chi connectivity index (χ0v) is 14.4. The van der Waals surface area contributed by atoms with Crippen LogP contribution in [-0.2, 0) is 0 Å². The molecule has 0 aromatic heterocycles. The molecule has 1 aliphatic heterocycles. The molecular formula is C18H18Cl2N2O. The van der Waals surface area contributed by atoms with Gasteiger partial charge in [-0.25, -0.2) is 0 Å². The van der Waals surface area contributed by atoms with E-state index in [4.69, 9.17) is 23.2 Å². The number of nitrogens with zero attached hydrogens (tertiary/aromatic N) is 2. The Morgan fingerprint density at radius 1 is 1.04 bits per heavy atom. The molecule has 1 saturated heterocycles. The summed E-state index contributed by atoms with van der Waals surface area (Å²) in [5.74, 6) is 0.00290. The van der Waals surface area contributed by atoms with Gasteiger partial charge < -0.3 is 9.80 Å². The fourth-order valence-electron chi connectivity index (χ4n) is 2.96. The van der Waals surface area contributed by atoms with Gasteiger partial charge in [-0.05, 0) is 37.3 Å². The second kappa shape index (κ2) is 6.81. The first kappa shape index (κ1) is 16.2. The Morgan fingerprint density at radius 3 is 2.43 bits per heavy atom. The molecule has 5 heteroatoms. The van der Waals surface area contributed by atoms with Gasteiger partial charge in [0.05, 0.1) is 10.0 Å². The molecule has 3 nitrogen and oxygen atoms in total. The van der Waals surface area contributed by atoms with Crippen molar-refractivity contribution >= 4 is 34.8 Å². The van der Waals surface area contributed by atoms with E-state index in [-0.39, 0.29) is 11.9 Å². The number of hydrogen-bond donors (Lipinski definition) is 0. The highest BCUT2D eigenvalue weighted by Crippen LogP contribution is 2.25. The molecule has 1 amide bonds. The van der Waals surface area contributed by atoms with Crippen molar-refractivity contribution in [3.05, 3.63) is 64.1 Å². The van der Waals surface area contributed by atoms with Crippen LogP contribution in [0.15, 0.2) is 48.5 Å². The van der Waals surface area contributed by atoms with Crippen molar-refractivity contribution in [3.8, 4) is 0 Å². The summed E-state index contributed by atoms with van der Waals surface area (Å²) in [5.41, 5.74) is 1.78. The lowest BCUT2D eigenvalue weighted by Gasteiger charge is -2.41. The Hall–Kier alpha value is -1.71. The summed E-state index contributed by atoms with van der Waals surface area (Å²) < 4.78 is 0. The van der Waals surface area contributed by atoms with Gasteiger partial charge in [-0.15, -0.1) is 0 Å². The highest BCUT2D eigenvalue weighted by Gasteiger charge is 2.27. The predicted molar refractivity (Wildman–Crippen MR) is 95.6 cm³/mol. The van der Waals surface area contributed by atoms with Crippen LogP contribution in [-0.4, -0.2) is 36.5 Å². The Bertz CT molecular complexity index is 705. The molecule has 0 spiro atoms. The van der Waals surface area contributed by atoms with Gasteiger partial charge in [0.15, 0.2) is 0 Å². The molecule has 1 atom stereocenters. The third-order valence-corrected chi connectivity index (χ3v) is 4.91. The molecule has 0 bridgehead atoms. The maximum absolute atomic E-state index is 12.7. The minimum absolute atomic E-state index is 0.00290. The highest BCUT2D eigenvalue weighted by atomic mass is 35.5. The summed E-state index contributed by atoms with van der Waals surface area (Å²) in [5, 5.41) is 0.874. The van der Waals surface area contributed by atoms with Gasteiger partial charge in [0.1, 0.15) is 0 Å². The molecule has 0 aliphatic carbocycles. The number of carbonyl (C=O) groups excluding carboxylic acids is 1. The van der Waals surface area contributed by atoms with E-state index in [1.807, 2.05) is 23.1 Å². The van der Waals surface area contributed by atoms with Gasteiger partial charge in [0, 0.05) is 36.9 Å². The van der Waals surface area contributed by atoms with Crippen LogP contribution in [0.1, 0.15) is 17.3 Å². The molecule has 1 aliphatic rings. The van der Waals surface area contributed by atoms with E-state index in [0.717, 1.165) is 6.54 Å². The van der Waals surface area contributed by atoms with Crippen molar-refractivity contribution in [1.29, 1.82) is 0 Å². The average Bonchev–Trinajstić information content (AvgIpc) is 2.57. The molecule has 1 unspecified atom stereocenters. The van der Waals surface area contributed by atoms with Crippen LogP contribution in [0.5, 0.6) is 0 Å². The summed E-state index contributed by atoms with van der Waals surface area (Å²) >= 11 is 11.9. The largest absolute Gasteiger partial charge is 0.365 e. The van der Waals surface area contributed by atoms with Gasteiger partial charge in [0.2, 0.25) is 0 Å². The Kier molecular flexibility index (Phi) is 4.79. The van der Waals surface area contributed by atoms with Crippen LogP contribution in [0, 0.1) is 0 Å². The van der Waals surface area contributed by atoms with E-state index < -0.39 is 0 Å². The smallest absolute Gasteiger partial charge is 0.254 e. The summed E-state index contributed by atoms with van der Waals surface area (Å²) in [6, 6.07) is 15.6. The Balaban J connectivity index is 1.72. The van der Waals surface area contributed by atoms with Crippen LogP contribution in [0.2, 0.25) is 10.0 Å². The van der Waals surface area contributed by atoms with Crippen molar-refractivity contribution in [2.75, 3.05) is 24.5 Å². The van der Waals surface area contributed by atoms with E-state index >= 15 is 0 Å². The van der Waals surface area contributed by atoms with E-state index in [1.165, 1.54) is 5.69 Å². The standard InChI is InChI=1S/C18H18Cl2N2O/c1-13-12-21(9-10-22(13)15-5-3-2-4-6-15)18(23)14-7-8-16(19)17(20)11-14/h2-8,11,13H,9-10,12H2,1H3. The fourth-order valence-corrected chi connectivity index (χ4v) is 3.25. The van der Waals surface area contributed by atoms with Gasteiger partial charge in [-0.1, -0.05) is 41.4 Å². The number of anilines is 1. The lowest BCUT2D eigenvalue weighted by molar-refractivity contribution is 0.0726. The number of para-hydroxylation sites is 1. The van der Waals surface area contributed by atoms with E-state index in [2.05, 4.69) is 24.0 Å². The molecule has 2 aromatic rings. The van der Waals surface area contributed by atoms with Crippen LogP contribution in [0.4, 0.5) is 5.69 Å². The average molecular weight is 349 g/mol. The molecule has 0 saturated carbocycles. The Morgan fingerprint density at radius 2 is 1.78 bits per heavy atom. The fraction of sp³-hybridized carbons (Fsp3) is 0.278. The quantitative estimate of drug-likeness (QED) is 0.805. The SMILES string of the molecule is CC1CN(C(=O)c2ccc(Cl)c(Cl)c2)CCN1c1ccccc1. The summed E-state index contributed by atoms with van der Waals surface area (Å²) in [4.78, 5) is 16.9. The predicted octanol–water partition coefficient (Wildman–Crippen LogP) is 4.34. The third-order valence-electron chi connectivity index (χ3n) is 4.17. The molecule has 23 heavy (non-hydrogen) atoms. The Labute approximate surface area is 146 Å². The van der Waals surface area contributed by atoms with Crippen molar-refractivity contribution < 1.29 is 4.79 Å². The normalized spacial score (nSPS) is 18.1. The summed E-state index contributed by atoms with van der Waals surface area (Å²) in [6.07, 6.45) is 0. The lowest BCUT2D eigenvalue weighted by atomic mass is 10.1. The second-order valence-electron chi connectivity index (χ2n) is 5.76. The molecule has 1 fully saturated rings. The number of rotatable bonds is 2. The molecule has 2 aromatic carbocycles. The van der Waals surface area contributed by atoms with E-state index in [9.17, 15) is 4.79 Å². The highest BCUT2D eigenvalue weighted by molar-refractivity contribution is 6.42. The number of hydrogen-bond acceptors (Lipinski definition) is 2. The number of piperazine rings is 1. The zero-order chi connectivity index (χ0) is 16.4. The molecule has 0 N–H and O–H groups in total. The molecule has 1 heterocycles. The first-order valence-corrected chi connectivity index (χ1v) is 8.38.